The number of aromatic hydroxyl groups is 1. The van der Waals surface area contributed by atoms with Gasteiger partial charge in [-0.15, -0.1) is 0 Å². The van der Waals surface area contributed by atoms with Crippen LogP contribution in [0.4, 0.5) is 17.1 Å². The zero-order valence-electron chi connectivity index (χ0n) is 14.1. The summed E-state index contributed by atoms with van der Waals surface area (Å²) in [5.41, 5.74) is 4.66. The van der Waals surface area contributed by atoms with Crippen molar-refractivity contribution >= 4 is 23.0 Å². The molecule has 0 fully saturated rings. The molecule has 0 aromatic heterocycles. The lowest BCUT2D eigenvalue weighted by atomic mass is 10.1. The van der Waals surface area contributed by atoms with Gasteiger partial charge in [0, 0.05) is 17.1 Å². The SMILES string of the molecule is Cc1ccc(N(c2ccc(C)cc2)c2ccc(O)c(C(=O)O)c2)cc1. The number of anilines is 3. The van der Waals surface area contributed by atoms with E-state index in [1.165, 1.54) is 12.1 Å². The summed E-state index contributed by atoms with van der Waals surface area (Å²) in [5.74, 6) is -1.41. The largest absolute Gasteiger partial charge is 0.507 e. The lowest BCUT2D eigenvalue weighted by Crippen LogP contribution is -2.11. The highest BCUT2D eigenvalue weighted by atomic mass is 16.4. The molecular weight excluding hydrogens is 314 g/mol. The van der Waals surface area contributed by atoms with Crippen molar-refractivity contribution in [3.05, 3.63) is 83.4 Å². The third-order valence-corrected chi connectivity index (χ3v) is 4.05. The molecule has 0 atom stereocenters. The Hall–Kier alpha value is -3.27. The number of carboxylic acids is 1. The molecule has 4 heteroatoms. The molecule has 0 saturated carbocycles. The maximum Gasteiger partial charge on any atom is 0.339 e. The van der Waals surface area contributed by atoms with E-state index in [1.54, 1.807) is 6.07 Å². The lowest BCUT2D eigenvalue weighted by Gasteiger charge is -2.26. The number of carboxylic acid groups (broad SMARTS) is 1. The highest BCUT2D eigenvalue weighted by molar-refractivity contribution is 5.93. The van der Waals surface area contributed by atoms with Gasteiger partial charge in [-0.25, -0.2) is 4.79 Å². The molecule has 3 aromatic carbocycles. The Bertz CT molecular complexity index is 854. The molecule has 3 rings (SSSR count). The fourth-order valence-corrected chi connectivity index (χ4v) is 2.67. The zero-order valence-corrected chi connectivity index (χ0v) is 14.1. The van der Waals surface area contributed by atoms with Crippen molar-refractivity contribution in [2.45, 2.75) is 13.8 Å². The lowest BCUT2D eigenvalue weighted by molar-refractivity contribution is 0.0694. The summed E-state index contributed by atoms with van der Waals surface area (Å²) in [6, 6.07) is 20.6. The Balaban J connectivity index is 2.17. The highest BCUT2D eigenvalue weighted by Gasteiger charge is 2.16. The fourth-order valence-electron chi connectivity index (χ4n) is 2.67. The molecule has 0 saturated heterocycles. The Morgan fingerprint density at radius 1 is 0.760 bits per heavy atom. The van der Waals surface area contributed by atoms with Crippen LogP contribution >= 0.6 is 0 Å². The van der Waals surface area contributed by atoms with Gasteiger partial charge in [0.1, 0.15) is 11.3 Å². The van der Waals surface area contributed by atoms with E-state index in [2.05, 4.69) is 0 Å². The molecule has 126 valence electrons. The number of phenols is 1. The van der Waals surface area contributed by atoms with Gasteiger partial charge in [-0.1, -0.05) is 35.4 Å². The van der Waals surface area contributed by atoms with Gasteiger partial charge in [-0.05, 0) is 56.3 Å². The number of nitrogens with zero attached hydrogens (tertiary/aromatic N) is 1. The van der Waals surface area contributed by atoms with Gasteiger partial charge in [-0.2, -0.15) is 0 Å². The molecule has 25 heavy (non-hydrogen) atoms. The van der Waals surface area contributed by atoms with Crippen molar-refractivity contribution in [2.75, 3.05) is 4.90 Å². The Labute approximate surface area is 146 Å². The predicted molar refractivity (Wildman–Crippen MR) is 99.2 cm³/mol. The quantitative estimate of drug-likeness (QED) is 0.691. The third-order valence-electron chi connectivity index (χ3n) is 4.05. The van der Waals surface area contributed by atoms with E-state index in [9.17, 15) is 15.0 Å². The van der Waals surface area contributed by atoms with Crippen molar-refractivity contribution < 1.29 is 15.0 Å². The zero-order chi connectivity index (χ0) is 18.0. The van der Waals surface area contributed by atoms with Crippen molar-refractivity contribution in [1.82, 2.24) is 0 Å². The number of aromatic carboxylic acids is 1. The molecule has 0 aliphatic carbocycles. The van der Waals surface area contributed by atoms with Crippen LogP contribution in [0.15, 0.2) is 66.7 Å². The van der Waals surface area contributed by atoms with Gasteiger partial charge < -0.3 is 15.1 Å². The van der Waals surface area contributed by atoms with E-state index in [0.29, 0.717) is 5.69 Å². The van der Waals surface area contributed by atoms with Crippen molar-refractivity contribution in [3.8, 4) is 5.75 Å². The van der Waals surface area contributed by atoms with E-state index >= 15 is 0 Å². The monoisotopic (exact) mass is 333 g/mol. The molecule has 0 spiro atoms. The van der Waals surface area contributed by atoms with Crippen LogP contribution in [0.3, 0.4) is 0 Å². The first kappa shape index (κ1) is 16.6. The molecule has 0 aliphatic rings. The molecular formula is C21H19NO3. The van der Waals surface area contributed by atoms with Gasteiger partial charge in [0.2, 0.25) is 0 Å². The van der Waals surface area contributed by atoms with Gasteiger partial charge in [0.25, 0.3) is 0 Å². The Morgan fingerprint density at radius 2 is 1.20 bits per heavy atom. The maximum atomic E-state index is 11.4. The average molecular weight is 333 g/mol. The Kier molecular flexibility index (Phi) is 4.44. The second-order valence-electron chi connectivity index (χ2n) is 6.01. The summed E-state index contributed by atoms with van der Waals surface area (Å²) in [7, 11) is 0. The predicted octanol–water partition coefficient (Wildman–Crippen LogP) is 5.18. The average Bonchev–Trinajstić information content (AvgIpc) is 2.59. The van der Waals surface area contributed by atoms with Gasteiger partial charge in [0.05, 0.1) is 0 Å². The van der Waals surface area contributed by atoms with Crippen molar-refractivity contribution in [1.29, 1.82) is 0 Å². The third kappa shape index (κ3) is 3.48. The number of carbonyl (C=O) groups is 1. The summed E-state index contributed by atoms with van der Waals surface area (Å²) in [6.07, 6.45) is 0. The summed E-state index contributed by atoms with van der Waals surface area (Å²) in [5, 5.41) is 19.1. The number of hydrogen-bond acceptors (Lipinski definition) is 3. The van der Waals surface area contributed by atoms with Gasteiger partial charge >= 0.3 is 5.97 Å². The maximum absolute atomic E-state index is 11.4. The number of hydrogen-bond donors (Lipinski definition) is 2. The Morgan fingerprint density at radius 3 is 1.64 bits per heavy atom. The minimum Gasteiger partial charge on any atom is -0.507 e. The van der Waals surface area contributed by atoms with Crippen LogP contribution in [-0.4, -0.2) is 16.2 Å². The van der Waals surface area contributed by atoms with Crippen LogP contribution in [0.1, 0.15) is 21.5 Å². The first-order valence-electron chi connectivity index (χ1n) is 7.95. The molecule has 2 N–H and O–H groups in total. The molecule has 3 aromatic rings. The molecule has 0 amide bonds. The number of benzene rings is 3. The van der Waals surface area contributed by atoms with E-state index in [-0.39, 0.29) is 11.3 Å². The van der Waals surface area contributed by atoms with E-state index in [0.717, 1.165) is 22.5 Å². The smallest absolute Gasteiger partial charge is 0.339 e. The summed E-state index contributed by atoms with van der Waals surface area (Å²) in [4.78, 5) is 13.3. The molecule has 0 radical (unpaired) electrons. The van der Waals surface area contributed by atoms with Crippen LogP contribution < -0.4 is 4.90 Å². The molecule has 0 aliphatic heterocycles. The van der Waals surface area contributed by atoms with Crippen LogP contribution in [0.5, 0.6) is 5.75 Å². The van der Waals surface area contributed by atoms with E-state index in [4.69, 9.17) is 0 Å². The number of aryl methyl sites for hydroxylation is 2. The van der Waals surface area contributed by atoms with Crippen LogP contribution in [0, 0.1) is 13.8 Å². The second kappa shape index (κ2) is 6.69. The normalized spacial score (nSPS) is 10.5. The van der Waals surface area contributed by atoms with Crippen molar-refractivity contribution in [2.24, 2.45) is 0 Å². The topological polar surface area (TPSA) is 60.8 Å². The minimum atomic E-state index is -1.16. The first-order valence-corrected chi connectivity index (χ1v) is 7.95. The van der Waals surface area contributed by atoms with Crippen molar-refractivity contribution in [3.63, 3.8) is 0 Å². The summed E-state index contributed by atoms with van der Waals surface area (Å²) < 4.78 is 0. The fraction of sp³-hybridized carbons (Fsp3) is 0.0952. The first-order chi connectivity index (χ1) is 12.0. The number of rotatable bonds is 4. The van der Waals surface area contributed by atoms with E-state index in [1.807, 2.05) is 67.3 Å². The highest BCUT2D eigenvalue weighted by Crippen LogP contribution is 2.36. The minimum absolute atomic E-state index is 0.123. The summed E-state index contributed by atoms with van der Waals surface area (Å²) >= 11 is 0. The van der Waals surface area contributed by atoms with Crippen LogP contribution in [-0.2, 0) is 0 Å². The van der Waals surface area contributed by atoms with Gasteiger partial charge in [-0.3, -0.25) is 0 Å². The molecule has 0 unspecified atom stereocenters. The van der Waals surface area contributed by atoms with Crippen LogP contribution in [0.25, 0.3) is 0 Å². The second-order valence-corrected chi connectivity index (χ2v) is 6.01. The summed E-state index contributed by atoms with van der Waals surface area (Å²) in [6.45, 7) is 4.03. The molecule has 0 heterocycles. The van der Waals surface area contributed by atoms with Crippen LogP contribution in [0.2, 0.25) is 0 Å². The molecule has 4 nitrogen and oxygen atoms in total. The van der Waals surface area contributed by atoms with E-state index < -0.39 is 5.97 Å². The molecule has 0 bridgehead atoms. The van der Waals surface area contributed by atoms with Gasteiger partial charge in [0.15, 0.2) is 0 Å². The standard InChI is InChI=1S/C21H19NO3/c1-14-3-7-16(8-4-14)22(17-9-5-15(2)6-10-17)18-11-12-20(23)19(13-18)21(24)25/h3-13,23H,1-2H3,(H,24,25).